The summed E-state index contributed by atoms with van der Waals surface area (Å²) in [6, 6.07) is 0. The fourth-order valence-electron chi connectivity index (χ4n) is 1.27. The molecule has 1 heterocycles. The van der Waals surface area contributed by atoms with E-state index in [0.29, 0.717) is 38.1 Å². The Bertz CT molecular complexity index is 333. The first-order chi connectivity index (χ1) is 7.68. The second-order valence-electron chi connectivity index (χ2n) is 3.58. The van der Waals surface area contributed by atoms with E-state index in [0.717, 1.165) is 0 Å². The van der Waals surface area contributed by atoms with Gasteiger partial charge in [-0.25, -0.2) is 4.98 Å². The van der Waals surface area contributed by atoms with Crippen molar-refractivity contribution < 1.29 is 14.0 Å². The number of rotatable bonds is 7. The number of nitrogens with zero attached hydrogens (tertiary/aromatic N) is 1. The molecule has 5 nitrogen and oxygen atoms in total. The highest BCUT2D eigenvalue weighted by molar-refractivity contribution is 5.78. The van der Waals surface area contributed by atoms with Crippen molar-refractivity contribution in [1.29, 1.82) is 0 Å². The van der Waals surface area contributed by atoms with Gasteiger partial charge in [0, 0.05) is 25.8 Å². The Hall–Kier alpha value is -1.65. The topological polar surface area (TPSA) is 72.2 Å². The highest BCUT2D eigenvalue weighted by Crippen LogP contribution is 1.97. The van der Waals surface area contributed by atoms with Gasteiger partial charge in [0.2, 0.25) is 5.91 Å². The van der Waals surface area contributed by atoms with E-state index in [4.69, 9.17) is 4.42 Å². The van der Waals surface area contributed by atoms with Crippen molar-refractivity contribution >= 4 is 11.7 Å². The molecule has 1 aromatic heterocycles. The average Bonchev–Trinajstić information content (AvgIpc) is 2.70. The predicted octanol–water partition coefficient (Wildman–Crippen LogP) is 1.09. The van der Waals surface area contributed by atoms with Gasteiger partial charge in [0.05, 0.1) is 6.20 Å². The van der Waals surface area contributed by atoms with Gasteiger partial charge in [0.25, 0.3) is 0 Å². The highest BCUT2D eigenvalue weighted by atomic mass is 16.3. The molecule has 0 saturated heterocycles. The molecule has 1 N–H and O–H groups in total. The van der Waals surface area contributed by atoms with E-state index in [1.807, 2.05) is 0 Å². The summed E-state index contributed by atoms with van der Waals surface area (Å²) in [5, 5.41) is 2.74. The molecule has 1 amide bonds. The minimum Gasteiger partial charge on any atom is -0.449 e. The lowest BCUT2D eigenvalue weighted by molar-refractivity contribution is -0.121. The average molecular weight is 224 g/mol. The van der Waals surface area contributed by atoms with Crippen molar-refractivity contribution in [2.24, 2.45) is 0 Å². The summed E-state index contributed by atoms with van der Waals surface area (Å²) >= 11 is 0. The van der Waals surface area contributed by atoms with Gasteiger partial charge in [-0.1, -0.05) is 0 Å². The smallest absolute Gasteiger partial charge is 0.220 e. The number of nitrogens with one attached hydrogen (secondary N) is 1. The zero-order chi connectivity index (χ0) is 11.8. The molecule has 1 aromatic rings. The normalized spacial score (nSPS) is 10.1. The highest BCUT2D eigenvalue weighted by Gasteiger charge is 2.03. The lowest BCUT2D eigenvalue weighted by atomic mass is 10.2. The molecule has 1 rings (SSSR count). The Morgan fingerprint density at radius 2 is 2.25 bits per heavy atom. The molecule has 0 aliphatic heterocycles. The minimum atomic E-state index is -0.0344. The first-order valence-corrected chi connectivity index (χ1v) is 5.33. The number of carbonyl (C=O) groups excluding carboxylic acids is 2. The molecule has 0 aliphatic rings. The van der Waals surface area contributed by atoms with E-state index in [9.17, 15) is 9.59 Å². The second-order valence-corrected chi connectivity index (χ2v) is 3.58. The Morgan fingerprint density at radius 3 is 2.88 bits per heavy atom. The number of Topliss-reactive ketones (excluding diaryl/α,β-unsaturated/α-hetero) is 1. The molecule has 16 heavy (non-hydrogen) atoms. The van der Waals surface area contributed by atoms with Crippen LogP contribution in [-0.2, 0) is 16.0 Å². The molecule has 0 aliphatic carbocycles. The van der Waals surface area contributed by atoms with Crippen molar-refractivity contribution in [2.75, 3.05) is 6.54 Å². The second kappa shape index (κ2) is 6.76. The molecular formula is C11H16N2O3. The van der Waals surface area contributed by atoms with Gasteiger partial charge >= 0.3 is 0 Å². The van der Waals surface area contributed by atoms with E-state index >= 15 is 0 Å². The molecule has 0 radical (unpaired) electrons. The van der Waals surface area contributed by atoms with Crippen LogP contribution >= 0.6 is 0 Å². The molecule has 5 heteroatoms. The third-order valence-electron chi connectivity index (χ3n) is 2.08. The fourth-order valence-corrected chi connectivity index (χ4v) is 1.27. The Labute approximate surface area is 94.2 Å². The Morgan fingerprint density at radius 1 is 1.44 bits per heavy atom. The number of ketones is 1. The summed E-state index contributed by atoms with van der Waals surface area (Å²) in [5.41, 5.74) is 0. The van der Waals surface area contributed by atoms with E-state index < -0.39 is 0 Å². The third kappa shape index (κ3) is 5.29. The molecule has 0 atom stereocenters. The quantitative estimate of drug-likeness (QED) is 0.752. The van der Waals surface area contributed by atoms with Crippen LogP contribution in [0.15, 0.2) is 16.9 Å². The molecule has 88 valence electrons. The van der Waals surface area contributed by atoms with Crippen LogP contribution in [0.2, 0.25) is 0 Å². The fraction of sp³-hybridized carbons (Fsp3) is 0.545. The number of carbonyl (C=O) groups is 2. The van der Waals surface area contributed by atoms with Crippen molar-refractivity contribution in [3.63, 3.8) is 0 Å². The molecule has 0 bridgehead atoms. The van der Waals surface area contributed by atoms with Crippen molar-refractivity contribution in [2.45, 2.75) is 32.6 Å². The van der Waals surface area contributed by atoms with Crippen LogP contribution in [0, 0.1) is 0 Å². The van der Waals surface area contributed by atoms with E-state index in [1.54, 1.807) is 6.20 Å². The zero-order valence-electron chi connectivity index (χ0n) is 9.36. The molecule has 0 saturated carbocycles. The first kappa shape index (κ1) is 12.4. The van der Waals surface area contributed by atoms with E-state index in [2.05, 4.69) is 10.3 Å². The first-order valence-electron chi connectivity index (χ1n) is 5.33. The maximum absolute atomic E-state index is 11.3. The van der Waals surface area contributed by atoms with Gasteiger partial charge in [-0.05, 0) is 13.3 Å². The Balaban J connectivity index is 2.04. The van der Waals surface area contributed by atoms with Gasteiger partial charge < -0.3 is 14.5 Å². The van der Waals surface area contributed by atoms with Crippen LogP contribution < -0.4 is 5.32 Å². The van der Waals surface area contributed by atoms with E-state index in [1.165, 1.54) is 13.2 Å². The summed E-state index contributed by atoms with van der Waals surface area (Å²) in [7, 11) is 0. The van der Waals surface area contributed by atoms with E-state index in [-0.39, 0.29) is 11.7 Å². The maximum atomic E-state index is 11.3. The van der Waals surface area contributed by atoms with Crippen LogP contribution in [0.4, 0.5) is 0 Å². The maximum Gasteiger partial charge on any atom is 0.220 e. The molecule has 0 unspecified atom stereocenters. The molecule has 0 aromatic carbocycles. The lowest BCUT2D eigenvalue weighted by Crippen LogP contribution is -2.25. The number of hydrogen-bond donors (Lipinski definition) is 1. The van der Waals surface area contributed by atoms with Gasteiger partial charge in [0.15, 0.2) is 5.89 Å². The summed E-state index contributed by atoms with van der Waals surface area (Å²) in [5.74, 6) is 0.699. The summed E-state index contributed by atoms with van der Waals surface area (Å²) < 4.78 is 5.02. The SMILES string of the molecule is CC(=O)CCCC(=O)NCCc1ncco1. The summed E-state index contributed by atoms with van der Waals surface area (Å²) in [6.45, 7) is 2.04. The van der Waals surface area contributed by atoms with Crippen molar-refractivity contribution in [3.05, 3.63) is 18.4 Å². The molecule has 0 spiro atoms. The van der Waals surface area contributed by atoms with Crippen LogP contribution in [0.3, 0.4) is 0 Å². The number of hydrogen-bond acceptors (Lipinski definition) is 4. The Kier molecular flexibility index (Phi) is 5.25. The van der Waals surface area contributed by atoms with Gasteiger partial charge in [-0.2, -0.15) is 0 Å². The summed E-state index contributed by atoms with van der Waals surface area (Å²) in [6.07, 6.45) is 5.14. The minimum absolute atomic E-state index is 0.0344. The third-order valence-corrected chi connectivity index (χ3v) is 2.08. The lowest BCUT2D eigenvalue weighted by Gasteiger charge is -2.02. The standard InChI is InChI=1S/C11H16N2O3/c1-9(14)3-2-4-10(15)12-6-5-11-13-7-8-16-11/h7-8H,2-6H2,1H3,(H,12,15). The number of aromatic nitrogens is 1. The van der Waals surface area contributed by atoms with Gasteiger partial charge in [0.1, 0.15) is 12.0 Å². The van der Waals surface area contributed by atoms with Gasteiger partial charge in [-0.15, -0.1) is 0 Å². The number of amides is 1. The predicted molar refractivity (Wildman–Crippen MR) is 57.7 cm³/mol. The van der Waals surface area contributed by atoms with Crippen LogP contribution in [-0.4, -0.2) is 23.2 Å². The summed E-state index contributed by atoms with van der Waals surface area (Å²) in [4.78, 5) is 25.9. The van der Waals surface area contributed by atoms with Crippen molar-refractivity contribution in [3.8, 4) is 0 Å². The van der Waals surface area contributed by atoms with Crippen molar-refractivity contribution in [1.82, 2.24) is 10.3 Å². The molecule has 0 fully saturated rings. The zero-order valence-corrected chi connectivity index (χ0v) is 9.36. The molecular weight excluding hydrogens is 208 g/mol. The van der Waals surface area contributed by atoms with Crippen LogP contribution in [0.5, 0.6) is 0 Å². The largest absolute Gasteiger partial charge is 0.449 e. The van der Waals surface area contributed by atoms with Crippen LogP contribution in [0.1, 0.15) is 32.1 Å². The monoisotopic (exact) mass is 224 g/mol. The van der Waals surface area contributed by atoms with Crippen LogP contribution in [0.25, 0.3) is 0 Å². The number of oxazole rings is 1. The van der Waals surface area contributed by atoms with Gasteiger partial charge in [-0.3, -0.25) is 4.79 Å².